The topological polar surface area (TPSA) is 67.9 Å². The molecule has 1 heterocycles. The number of carbonyl (C=O) groups is 2. The molecule has 3 aromatic rings. The second-order valence-corrected chi connectivity index (χ2v) is 7.39. The largest absolute Gasteiger partial charge is 0.497 e. The van der Waals surface area contributed by atoms with E-state index in [-0.39, 0.29) is 10.7 Å². The predicted octanol–water partition coefficient (Wildman–Crippen LogP) is 4.11. The molecule has 0 bridgehead atoms. The van der Waals surface area contributed by atoms with Crippen molar-refractivity contribution in [1.82, 2.24) is 5.32 Å². The minimum Gasteiger partial charge on any atom is -0.497 e. The van der Waals surface area contributed by atoms with E-state index < -0.39 is 11.8 Å². The highest BCUT2D eigenvalue weighted by Crippen LogP contribution is 2.25. The first-order valence-corrected chi connectivity index (χ1v) is 10.3. The van der Waals surface area contributed by atoms with Gasteiger partial charge in [-0.2, -0.15) is 0 Å². The summed E-state index contributed by atoms with van der Waals surface area (Å²) in [6.07, 6.45) is 1.53. The Kier molecular flexibility index (Phi) is 6.28. The van der Waals surface area contributed by atoms with Crippen molar-refractivity contribution >= 4 is 40.9 Å². The van der Waals surface area contributed by atoms with E-state index in [0.717, 1.165) is 5.56 Å². The van der Waals surface area contributed by atoms with Gasteiger partial charge in [-0.05, 0) is 65.8 Å². The number of benzene rings is 3. The third-order valence-electron chi connectivity index (χ3n) is 4.85. The average molecular weight is 445 g/mol. The molecule has 0 radical (unpaired) electrons. The van der Waals surface area contributed by atoms with Gasteiger partial charge in [0.05, 0.1) is 12.8 Å². The highest BCUT2D eigenvalue weighted by molar-refractivity contribution is 7.80. The van der Waals surface area contributed by atoms with Gasteiger partial charge in [0.15, 0.2) is 5.11 Å². The van der Waals surface area contributed by atoms with E-state index in [0.29, 0.717) is 29.4 Å². The number of nitrogens with one attached hydrogen (secondary N) is 1. The van der Waals surface area contributed by atoms with Gasteiger partial charge in [-0.1, -0.05) is 42.5 Å². The minimum absolute atomic E-state index is 0.0189. The maximum absolute atomic E-state index is 13.1. The van der Waals surface area contributed by atoms with Crippen molar-refractivity contribution in [3.05, 3.63) is 95.6 Å². The van der Waals surface area contributed by atoms with Gasteiger partial charge in [-0.25, -0.2) is 0 Å². The van der Waals surface area contributed by atoms with Gasteiger partial charge in [-0.15, -0.1) is 0 Å². The third kappa shape index (κ3) is 4.68. The number of nitrogens with zero attached hydrogens (tertiary/aromatic N) is 1. The van der Waals surface area contributed by atoms with E-state index in [1.165, 1.54) is 11.0 Å². The van der Waals surface area contributed by atoms with Crippen LogP contribution in [0.25, 0.3) is 6.08 Å². The summed E-state index contributed by atoms with van der Waals surface area (Å²) < 4.78 is 11.0. The molecule has 1 aliphatic rings. The van der Waals surface area contributed by atoms with Crippen LogP contribution in [0.5, 0.6) is 11.5 Å². The predicted molar refractivity (Wildman–Crippen MR) is 126 cm³/mol. The molecule has 4 rings (SSSR count). The van der Waals surface area contributed by atoms with Crippen LogP contribution >= 0.6 is 12.2 Å². The van der Waals surface area contributed by atoms with Crippen LogP contribution in [-0.4, -0.2) is 24.0 Å². The Balaban J connectivity index is 1.57. The lowest BCUT2D eigenvalue weighted by atomic mass is 10.1. The molecule has 1 fully saturated rings. The zero-order valence-electron chi connectivity index (χ0n) is 17.3. The van der Waals surface area contributed by atoms with Crippen LogP contribution < -0.4 is 19.7 Å². The fourth-order valence-electron chi connectivity index (χ4n) is 3.22. The van der Waals surface area contributed by atoms with Gasteiger partial charge in [0.25, 0.3) is 11.8 Å². The molecule has 0 spiro atoms. The van der Waals surface area contributed by atoms with Crippen molar-refractivity contribution in [2.45, 2.75) is 6.61 Å². The van der Waals surface area contributed by atoms with E-state index in [2.05, 4.69) is 5.32 Å². The number of hydrogen-bond acceptors (Lipinski definition) is 5. The first-order chi connectivity index (χ1) is 15.5. The van der Waals surface area contributed by atoms with Crippen molar-refractivity contribution in [3.8, 4) is 11.5 Å². The number of methoxy groups -OCH3 is 1. The molecule has 6 nitrogen and oxygen atoms in total. The molecule has 0 atom stereocenters. The SMILES string of the molecule is COc1ccc(N2C(=O)/C(=C/c3cccc(OCc4ccccc4)c3)C(=O)NC2=S)cc1. The molecule has 3 aromatic carbocycles. The van der Waals surface area contributed by atoms with Gasteiger partial charge in [0, 0.05) is 0 Å². The van der Waals surface area contributed by atoms with Crippen molar-refractivity contribution < 1.29 is 19.1 Å². The van der Waals surface area contributed by atoms with E-state index in [1.807, 2.05) is 42.5 Å². The first kappa shape index (κ1) is 21.3. The number of hydrogen-bond donors (Lipinski definition) is 1. The summed E-state index contributed by atoms with van der Waals surface area (Å²) in [4.78, 5) is 27.0. The summed E-state index contributed by atoms with van der Waals surface area (Å²) in [5.74, 6) is 0.241. The Morgan fingerprint density at radius 2 is 1.69 bits per heavy atom. The van der Waals surface area contributed by atoms with Crippen LogP contribution in [0.1, 0.15) is 11.1 Å². The number of anilines is 1. The highest BCUT2D eigenvalue weighted by atomic mass is 32.1. The molecule has 2 amide bonds. The fraction of sp³-hybridized carbons (Fsp3) is 0.0800. The van der Waals surface area contributed by atoms with E-state index in [1.54, 1.807) is 43.5 Å². The summed E-state index contributed by atoms with van der Waals surface area (Å²) in [5.41, 5.74) is 2.22. The fourth-order valence-corrected chi connectivity index (χ4v) is 3.51. The Labute approximate surface area is 191 Å². The van der Waals surface area contributed by atoms with Crippen LogP contribution in [0.4, 0.5) is 5.69 Å². The zero-order chi connectivity index (χ0) is 22.5. The van der Waals surface area contributed by atoms with E-state index in [4.69, 9.17) is 21.7 Å². The molecule has 1 aliphatic heterocycles. The van der Waals surface area contributed by atoms with Gasteiger partial charge < -0.3 is 9.47 Å². The number of carbonyl (C=O) groups excluding carboxylic acids is 2. The monoisotopic (exact) mass is 444 g/mol. The molecule has 1 saturated heterocycles. The van der Waals surface area contributed by atoms with E-state index >= 15 is 0 Å². The van der Waals surface area contributed by atoms with Gasteiger partial charge in [0.2, 0.25) is 0 Å². The maximum atomic E-state index is 13.1. The summed E-state index contributed by atoms with van der Waals surface area (Å²) in [6, 6.07) is 23.9. The summed E-state index contributed by atoms with van der Waals surface area (Å²) >= 11 is 5.24. The lowest BCUT2D eigenvalue weighted by Gasteiger charge is -2.29. The molecule has 1 N–H and O–H groups in total. The maximum Gasteiger partial charge on any atom is 0.270 e. The van der Waals surface area contributed by atoms with Crippen molar-refractivity contribution in [2.24, 2.45) is 0 Å². The molecule has 32 heavy (non-hydrogen) atoms. The third-order valence-corrected chi connectivity index (χ3v) is 5.13. The Morgan fingerprint density at radius 1 is 0.938 bits per heavy atom. The lowest BCUT2D eigenvalue weighted by molar-refractivity contribution is -0.122. The molecule has 160 valence electrons. The normalized spacial score (nSPS) is 15.0. The molecular formula is C25H20N2O4S. The zero-order valence-corrected chi connectivity index (χ0v) is 18.1. The molecular weight excluding hydrogens is 424 g/mol. The first-order valence-electron chi connectivity index (χ1n) is 9.87. The summed E-state index contributed by atoms with van der Waals surface area (Å²) in [6.45, 7) is 0.416. The van der Waals surface area contributed by atoms with Crippen LogP contribution in [0.15, 0.2) is 84.4 Å². The van der Waals surface area contributed by atoms with Crippen LogP contribution in [0.3, 0.4) is 0 Å². The molecule has 0 aromatic heterocycles. The number of amides is 2. The standard InChI is InChI=1S/C25H20N2O4S/c1-30-20-12-10-19(11-13-20)27-24(29)22(23(28)26-25(27)32)15-18-8-5-9-21(14-18)31-16-17-6-3-2-4-7-17/h2-15H,16H2,1H3,(H,26,28,32)/b22-15+. The highest BCUT2D eigenvalue weighted by Gasteiger charge is 2.34. The van der Waals surface area contributed by atoms with Crippen LogP contribution in [0, 0.1) is 0 Å². The molecule has 7 heteroatoms. The minimum atomic E-state index is -0.541. The van der Waals surface area contributed by atoms with Crippen LogP contribution in [0.2, 0.25) is 0 Å². The number of rotatable bonds is 6. The lowest BCUT2D eigenvalue weighted by Crippen LogP contribution is -2.54. The summed E-state index contributed by atoms with van der Waals surface area (Å²) in [7, 11) is 1.56. The second kappa shape index (κ2) is 9.45. The van der Waals surface area contributed by atoms with Crippen molar-refractivity contribution in [1.29, 1.82) is 0 Å². The van der Waals surface area contributed by atoms with Gasteiger partial charge >= 0.3 is 0 Å². The van der Waals surface area contributed by atoms with Gasteiger partial charge in [-0.3, -0.25) is 19.8 Å². The van der Waals surface area contributed by atoms with E-state index in [9.17, 15) is 9.59 Å². The average Bonchev–Trinajstić information content (AvgIpc) is 2.82. The molecule has 0 aliphatic carbocycles. The Bertz CT molecular complexity index is 1190. The number of thiocarbonyl (C=S) groups is 1. The quantitative estimate of drug-likeness (QED) is 0.352. The Hall–Kier alpha value is -3.97. The van der Waals surface area contributed by atoms with Crippen molar-refractivity contribution in [2.75, 3.05) is 12.0 Å². The molecule has 0 unspecified atom stereocenters. The second-order valence-electron chi connectivity index (χ2n) is 7.00. The summed E-state index contributed by atoms with van der Waals surface area (Å²) in [5, 5.41) is 2.62. The number of ether oxygens (including phenoxy) is 2. The van der Waals surface area contributed by atoms with Crippen molar-refractivity contribution in [3.63, 3.8) is 0 Å². The van der Waals surface area contributed by atoms with Gasteiger partial charge in [0.1, 0.15) is 23.7 Å². The van der Waals surface area contributed by atoms with Crippen LogP contribution in [-0.2, 0) is 16.2 Å². The molecule has 0 saturated carbocycles. The smallest absolute Gasteiger partial charge is 0.270 e. The Morgan fingerprint density at radius 3 is 2.41 bits per heavy atom.